The molecule has 37 heavy (non-hydrogen) atoms. The van der Waals surface area contributed by atoms with Gasteiger partial charge in [0.15, 0.2) is 21.3 Å². The highest BCUT2D eigenvalue weighted by molar-refractivity contribution is 7.90. The third-order valence-corrected chi connectivity index (χ3v) is 7.54. The minimum Gasteiger partial charge on any atom is -0.338 e. The fourth-order valence-corrected chi connectivity index (χ4v) is 5.22. The number of carbonyl (C=O) groups excluding carboxylic acids is 2. The molecular formula is C23H19B3FN5O4S. The SMILES string of the molecule is [B]C([B])([B])N1C(=O)[C@@H](NC(=O)c2nn(Cc3ccccc3)cc2F)[C@H]2C[C@H]2c2cc(S(C)(=O)=O)cnc21. The molecule has 0 saturated heterocycles. The van der Waals surface area contributed by atoms with Gasteiger partial charge in [0, 0.05) is 12.5 Å². The van der Waals surface area contributed by atoms with Crippen LogP contribution in [-0.4, -0.2) is 76.1 Å². The normalized spacial score (nSPS) is 21.1. The van der Waals surface area contributed by atoms with E-state index in [0.29, 0.717) is 12.0 Å². The van der Waals surface area contributed by atoms with Crippen molar-refractivity contribution in [3.8, 4) is 0 Å². The highest BCUT2D eigenvalue weighted by Crippen LogP contribution is 2.55. The zero-order chi connectivity index (χ0) is 26.7. The summed E-state index contributed by atoms with van der Waals surface area (Å²) in [5.41, 5.74) is 0.796. The molecule has 1 N–H and O–H groups in total. The molecule has 1 aliphatic heterocycles. The predicted molar refractivity (Wildman–Crippen MR) is 135 cm³/mol. The highest BCUT2D eigenvalue weighted by atomic mass is 32.2. The van der Waals surface area contributed by atoms with Crippen LogP contribution in [0.2, 0.25) is 0 Å². The van der Waals surface area contributed by atoms with Crippen molar-refractivity contribution in [2.24, 2.45) is 5.92 Å². The van der Waals surface area contributed by atoms with Gasteiger partial charge in [-0.3, -0.25) is 14.3 Å². The summed E-state index contributed by atoms with van der Waals surface area (Å²) in [5.74, 6) is -3.27. The number of sulfone groups is 1. The number of fused-ring (bicyclic) bond motifs is 3. The Morgan fingerprint density at radius 2 is 1.95 bits per heavy atom. The van der Waals surface area contributed by atoms with Crippen molar-refractivity contribution >= 4 is 51.0 Å². The van der Waals surface area contributed by atoms with E-state index in [2.05, 4.69) is 15.4 Å². The van der Waals surface area contributed by atoms with E-state index in [-0.39, 0.29) is 23.2 Å². The number of anilines is 1. The van der Waals surface area contributed by atoms with Crippen LogP contribution in [0.5, 0.6) is 0 Å². The average molecular weight is 513 g/mol. The molecule has 0 unspecified atom stereocenters. The average Bonchev–Trinajstić information content (AvgIpc) is 3.52. The Balaban J connectivity index is 1.45. The fourth-order valence-electron chi connectivity index (χ4n) is 4.64. The highest BCUT2D eigenvalue weighted by Gasteiger charge is 2.54. The quantitative estimate of drug-likeness (QED) is 0.473. The lowest BCUT2D eigenvalue weighted by atomic mass is 9.48. The molecule has 2 aliphatic rings. The zero-order valence-electron chi connectivity index (χ0n) is 19.7. The predicted octanol–water partition coefficient (Wildman–Crippen LogP) is 0.235. The third-order valence-electron chi connectivity index (χ3n) is 6.46. The topological polar surface area (TPSA) is 114 Å². The van der Waals surface area contributed by atoms with Gasteiger partial charge in [-0.05, 0) is 35.4 Å². The number of benzene rings is 1. The number of hydrogen-bond donors (Lipinski definition) is 1. The van der Waals surface area contributed by atoms with Crippen LogP contribution in [0.1, 0.15) is 34.0 Å². The summed E-state index contributed by atoms with van der Waals surface area (Å²) in [5, 5.41) is 4.40. The second-order valence-corrected chi connectivity index (χ2v) is 11.4. The van der Waals surface area contributed by atoms with Crippen molar-refractivity contribution < 1.29 is 22.4 Å². The number of hydrogen-bond acceptors (Lipinski definition) is 6. The number of nitrogens with zero attached hydrogens (tertiary/aromatic N) is 4. The molecule has 1 saturated carbocycles. The standard InChI is InChI=1S/C23H19B3FN5O4S/c1-37(35,36)13-7-16-14-8-15(14)18(22(34)32(23(24,25)26)20(16)28-9-13)29-21(33)19-17(27)11-31(30-19)10-12-5-3-2-4-6-12/h2-7,9,11,14-15,18H,8,10H2,1H3,(H,29,33)/t14-,15+,18+/m1/s1. The van der Waals surface area contributed by atoms with Crippen LogP contribution in [0.15, 0.2) is 53.7 Å². The maximum absolute atomic E-state index is 14.7. The van der Waals surface area contributed by atoms with Crippen LogP contribution in [0.4, 0.5) is 10.2 Å². The summed E-state index contributed by atoms with van der Waals surface area (Å²) < 4.78 is 40.1. The van der Waals surface area contributed by atoms with Gasteiger partial charge in [-0.1, -0.05) is 35.6 Å². The lowest BCUT2D eigenvalue weighted by Crippen LogP contribution is -2.60. The second-order valence-electron chi connectivity index (χ2n) is 9.38. The fraction of sp³-hybridized carbons (Fsp3) is 0.304. The first-order valence-electron chi connectivity index (χ1n) is 11.3. The summed E-state index contributed by atoms with van der Waals surface area (Å²) in [7, 11) is 14.1. The Kier molecular flexibility index (Phi) is 6.05. The Morgan fingerprint density at radius 3 is 2.59 bits per heavy atom. The van der Waals surface area contributed by atoms with Gasteiger partial charge in [-0.2, -0.15) is 5.10 Å². The number of pyridine rings is 1. The molecule has 1 aromatic carbocycles. The number of halogens is 1. The molecule has 0 bridgehead atoms. The molecule has 14 heteroatoms. The molecule has 182 valence electrons. The van der Waals surface area contributed by atoms with E-state index in [1.165, 1.54) is 10.7 Å². The van der Waals surface area contributed by atoms with Gasteiger partial charge in [-0.15, -0.1) is 0 Å². The van der Waals surface area contributed by atoms with Gasteiger partial charge in [0.05, 0.1) is 41.2 Å². The Labute approximate surface area is 217 Å². The van der Waals surface area contributed by atoms with Crippen molar-refractivity contribution in [3.63, 3.8) is 0 Å². The molecule has 6 radical (unpaired) electrons. The van der Waals surface area contributed by atoms with Crippen LogP contribution in [0, 0.1) is 11.7 Å². The first-order valence-corrected chi connectivity index (χ1v) is 13.2. The number of amides is 2. The first-order chi connectivity index (χ1) is 17.3. The van der Waals surface area contributed by atoms with Gasteiger partial charge in [0.25, 0.3) is 5.91 Å². The van der Waals surface area contributed by atoms with Crippen LogP contribution >= 0.6 is 0 Å². The van der Waals surface area contributed by atoms with Crippen LogP contribution in [-0.2, 0) is 21.2 Å². The van der Waals surface area contributed by atoms with Crippen molar-refractivity contribution in [2.45, 2.75) is 35.1 Å². The van der Waals surface area contributed by atoms with Gasteiger partial charge in [0.1, 0.15) is 11.9 Å². The maximum atomic E-state index is 14.7. The monoisotopic (exact) mass is 513 g/mol. The Bertz CT molecular complexity index is 1510. The summed E-state index contributed by atoms with van der Waals surface area (Å²) in [6, 6.07) is 9.41. The summed E-state index contributed by atoms with van der Waals surface area (Å²) in [6.07, 6.45) is 3.67. The van der Waals surface area contributed by atoms with E-state index >= 15 is 0 Å². The van der Waals surface area contributed by atoms with Gasteiger partial charge in [0.2, 0.25) is 5.91 Å². The molecule has 9 nitrogen and oxygen atoms in total. The van der Waals surface area contributed by atoms with Crippen molar-refractivity contribution in [1.29, 1.82) is 0 Å². The molecular weight excluding hydrogens is 494 g/mol. The molecule has 2 amide bonds. The van der Waals surface area contributed by atoms with Crippen molar-refractivity contribution in [2.75, 3.05) is 11.2 Å². The lowest BCUT2D eigenvalue weighted by Gasteiger charge is -2.38. The van der Waals surface area contributed by atoms with Gasteiger partial charge in [-0.25, -0.2) is 17.8 Å². The Hall–Kier alpha value is -3.41. The van der Waals surface area contributed by atoms with Crippen molar-refractivity contribution in [1.82, 2.24) is 20.1 Å². The number of aromatic nitrogens is 3. The second kappa shape index (κ2) is 8.86. The van der Waals surface area contributed by atoms with Gasteiger partial charge >= 0.3 is 0 Å². The minimum atomic E-state index is -3.59. The molecule has 3 atom stereocenters. The number of rotatable bonds is 6. The summed E-state index contributed by atoms with van der Waals surface area (Å²) in [4.78, 5) is 31.5. The number of nitrogens with one attached hydrogen (secondary N) is 1. The minimum absolute atomic E-state index is 0.00692. The summed E-state index contributed by atoms with van der Waals surface area (Å²) >= 11 is 0. The van der Waals surface area contributed by atoms with E-state index < -0.39 is 50.4 Å². The molecule has 1 fully saturated rings. The van der Waals surface area contributed by atoms with Crippen LogP contribution in [0.3, 0.4) is 0 Å². The van der Waals surface area contributed by atoms with E-state index in [0.717, 1.165) is 29.1 Å². The van der Waals surface area contributed by atoms with Gasteiger partial charge < -0.3 is 10.2 Å². The molecule has 5 rings (SSSR count). The van der Waals surface area contributed by atoms with E-state index in [1.54, 1.807) is 0 Å². The number of carbonyl (C=O) groups is 2. The smallest absolute Gasteiger partial charge is 0.275 e. The first kappa shape index (κ1) is 25.3. The van der Waals surface area contributed by atoms with E-state index in [4.69, 9.17) is 23.5 Å². The van der Waals surface area contributed by atoms with E-state index in [9.17, 15) is 22.4 Å². The molecule has 1 aliphatic carbocycles. The third kappa shape index (κ3) is 4.82. The van der Waals surface area contributed by atoms with Crippen molar-refractivity contribution in [3.05, 3.63) is 71.4 Å². The summed E-state index contributed by atoms with van der Waals surface area (Å²) in [6.45, 7) is 0.242. The van der Waals surface area contributed by atoms with Crippen LogP contribution in [0.25, 0.3) is 0 Å². The Morgan fingerprint density at radius 1 is 1.24 bits per heavy atom. The zero-order valence-corrected chi connectivity index (χ0v) is 20.5. The molecule has 0 spiro atoms. The lowest BCUT2D eigenvalue weighted by molar-refractivity contribution is -0.121. The molecule has 3 aromatic rings. The van der Waals surface area contributed by atoms with Crippen LogP contribution < -0.4 is 10.2 Å². The maximum Gasteiger partial charge on any atom is 0.275 e. The molecule has 2 aromatic heterocycles. The van der Waals surface area contributed by atoms with E-state index in [1.807, 2.05) is 30.3 Å². The largest absolute Gasteiger partial charge is 0.338 e. The molecule has 3 heterocycles.